The van der Waals surface area contributed by atoms with Gasteiger partial charge in [-0.1, -0.05) is 133 Å². The van der Waals surface area contributed by atoms with E-state index in [1.54, 1.807) is 42.5 Å². The van der Waals surface area contributed by atoms with E-state index in [-0.39, 0.29) is 4.90 Å². The summed E-state index contributed by atoms with van der Waals surface area (Å²) in [6.45, 7) is -2.93. The number of hydrogen-bond acceptors (Lipinski definition) is 3. The lowest BCUT2D eigenvalue weighted by Crippen LogP contribution is -2.34. The third kappa shape index (κ3) is 4.88. The minimum absolute atomic E-state index is 0.00521. The number of hydrogen-bond donors (Lipinski definition) is 1. The van der Waals surface area contributed by atoms with E-state index in [9.17, 15) is 13.2 Å². The van der Waals surface area contributed by atoms with Crippen LogP contribution in [-0.2, 0) is 10.0 Å². The van der Waals surface area contributed by atoms with Crippen molar-refractivity contribution in [2.75, 3.05) is 0 Å². The van der Waals surface area contributed by atoms with Crippen LogP contribution in [-0.4, -0.2) is 17.6 Å². The molecule has 6 aromatic rings. The van der Waals surface area contributed by atoms with Crippen LogP contribution in [0.3, 0.4) is 0 Å². The van der Waals surface area contributed by atoms with Crippen LogP contribution < -0.4 is 21.5 Å². The van der Waals surface area contributed by atoms with Crippen LogP contribution in [0.1, 0.15) is 0 Å². The van der Waals surface area contributed by atoms with Crippen molar-refractivity contribution >= 4 is 44.4 Å². The highest BCUT2D eigenvalue weighted by molar-refractivity contribution is 7.90. The van der Waals surface area contributed by atoms with E-state index in [1.807, 2.05) is 97.1 Å². The Balaban J connectivity index is 1.92. The topological polar surface area (TPSA) is 71.9 Å². The largest absolute Gasteiger partial charge is 0.287 e. The maximum Gasteiger partial charge on any atom is 0.287 e. The monoisotopic (exact) mass is 608 g/mol. The average Bonchev–Trinajstić information content (AvgIpc) is 3.04. The van der Waals surface area contributed by atoms with Gasteiger partial charge in [-0.25, -0.2) is 0 Å². The molecule has 0 spiro atoms. The van der Waals surface area contributed by atoms with Crippen LogP contribution in [0.2, 0.25) is 5.02 Å². The molecule has 0 unspecified atom stereocenters. The first-order chi connectivity index (χ1) is 20.4. The molecule has 0 saturated carbocycles. The Morgan fingerprint density at radius 2 is 1.02 bits per heavy atom. The zero-order valence-corrected chi connectivity index (χ0v) is 24.8. The zero-order chi connectivity index (χ0) is 29.2. The molecule has 0 bridgehead atoms. The van der Waals surface area contributed by atoms with Gasteiger partial charge in [-0.15, -0.1) is 4.09 Å². The van der Waals surface area contributed by atoms with Crippen molar-refractivity contribution in [3.8, 4) is 11.3 Å². The van der Waals surface area contributed by atoms with Gasteiger partial charge in [0.1, 0.15) is 0 Å². The molecule has 0 atom stereocenters. The van der Waals surface area contributed by atoms with Gasteiger partial charge in [-0.3, -0.25) is 9.89 Å². The summed E-state index contributed by atoms with van der Waals surface area (Å²) in [6, 6.07) is 46.4. The standard InChI is InChI=1S/C34H26ClN2O3PS/c35-27-23-21-26(22-24-27)32-25-33(34(38)37(36-32)42(39,40)31-19-11-4-12-20-31)41(28-13-5-1-6-14-28,29-15-7-2-8-16-29)30-17-9-3-10-18-30/h1-25,36H. The van der Waals surface area contributed by atoms with Gasteiger partial charge in [-0.2, -0.15) is 8.42 Å². The third-order valence-electron chi connectivity index (χ3n) is 7.14. The fourth-order valence-electron chi connectivity index (χ4n) is 5.20. The maximum atomic E-state index is 14.8. The summed E-state index contributed by atoms with van der Waals surface area (Å²) in [6.07, 6.45) is 0. The summed E-state index contributed by atoms with van der Waals surface area (Å²) >= 11 is 6.20. The molecule has 8 heteroatoms. The molecule has 0 amide bonds. The third-order valence-corrected chi connectivity index (χ3v) is 13.3. The molecule has 208 valence electrons. The SMILES string of the molecule is O=c1c(=P(c2ccccc2)(c2ccccc2)c2ccccc2)cc(-c2ccc(Cl)cc2)[nH]n1S(=O)(=O)c1ccccc1. The second kappa shape index (κ2) is 11.5. The van der Waals surface area contributed by atoms with Crippen molar-refractivity contribution in [3.63, 3.8) is 0 Å². The minimum atomic E-state index is -4.30. The van der Waals surface area contributed by atoms with Crippen molar-refractivity contribution in [2.24, 2.45) is 0 Å². The van der Waals surface area contributed by atoms with Crippen LogP contribution in [0.15, 0.2) is 161 Å². The molecule has 1 N–H and O–H groups in total. The summed E-state index contributed by atoms with van der Waals surface area (Å²) < 4.78 is 29.0. The molecule has 0 aliphatic rings. The summed E-state index contributed by atoms with van der Waals surface area (Å²) in [5.41, 5.74) is 0.513. The van der Waals surface area contributed by atoms with E-state index in [2.05, 4.69) is 5.10 Å². The van der Waals surface area contributed by atoms with Crippen LogP contribution in [0.4, 0.5) is 0 Å². The summed E-state index contributed by atoms with van der Waals surface area (Å²) in [7, 11) is -4.30. The summed E-state index contributed by atoms with van der Waals surface area (Å²) in [4.78, 5) is 15.1. The number of benzene rings is 5. The van der Waals surface area contributed by atoms with E-state index < -0.39 is 22.5 Å². The highest BCUT2D eigenvalue weighted by Gasteiger charge is 2.30. The van der Waals surface area contributed by atoms with Crippen molar-refractivity contribution in [1.82, 2.24) is 9.19 Å². The molecule has 5 aromatic carbocycles. The van der Waals surface area contributed by atoms with Gasteiger partial charge in [0, 0.05) is 5.02 Å². The molecular formula is C34H26ClN2O3PS. The Labute approximate surface area is 249 Å². The molecule has 1 heterocycles. The second-order valence-electron chi connectivity index (χ2n) is 9.63. The first-order valence-electron chi connectivity index (χ1n) is 13.2. The van der Waals surface area contributed by atoms with Crippen molar-refractivity contribution in [1.29, 1.82) is 0 Å². The Morgan fingerprint density at radius 3 is 1.48 bits per heavy atom. The molecule has 42 heavy (non-hydrogen) atoms. The minimum Gasteiger partial charge on any atom is -0.281 e. The van der Waals surface area contributed by atoms with Crippen LogP contribution in [0.5, 0.6) is 0 Å². The molecular weight excluding hydrogens is 583 g/mol. The Bertz CT molecular complexity index is 2010. The maximum absolute atomic E-state index is 14.8. The van der Waals surface area contributed by atoms with E-state index in [1.165, 1.54) is 12.1 Å². The van der Waals surface area contributed by atoms with Gasteiger partial charge in [-0.05, 0) is 58.7 Å². The smallest absolute Gasteiger partial charge is 0.281 e. The fraction of sp³-hybridized carbons (Fsp3) is 0. The molecule has 0 saturated heterocycles. The number of nitrogens with zero attached hydrogens (tertiary/aromatic N) is 1. The molecule has 0 aliphatic heterocycles. The number of nitrogens with one attached hydrogen (secondary N) is 1. The van der Waals surface area contributed by atoms with Gasteiger partial charge in [0.25, 0.3) is 15.6 Å². The number of aromatic amines is 1. The molecule has 6 rings (SSSR count). The Hall–Kier alpha value is -4.35. The van der Waals surface area contributed by atoms with E-state index in [0.29, 0.717) is 21.2 Å². The van der Waals surface area contributed by atoms with Crippen LogP contribution in [0.25, 0.3) is 11.3 Å². The van der Waals surface area contributed by atoms with Crippen LogP contribution in [0, 0.1) is 4.94 Å². The van der Waals surface area contributed by atoms with E-state index >= 15 is 0 Å². The quantitative estimate of drug-likeness (QED) is 0.227. The van der Waals surface area contributed by atoms with Gasteiger partial charge in [0.05, 0.1) is 15.5 Å². The average molecular weight is 609 g/mol. The molecule has 5 nitrogen and oxygen atoms in total. The second-order valence-corrected chi connectivity index (χ2v) is 15.2. The number of aromatic nitrogens is 2. The normalized spacial score (nSPS) is 11.7. The van der Waals surface area contributed by atoms with E-state index in [4.69, 9.17) is 11.6 Å². The number of rotatable bonds is 6. The molecule has 0 radical (unpaired) electrons. The van der Waals surface area contributed by atoms with Crippen molar-refractivity contribution in [2.45, 2.75) is 4.90 Å². The van der Waals surface area contributed by atoms with E-state index in [0.717, 1.165) is 20.0 Å². The van der Waals surface area contributed by atoms with Gasteiger partial charge in [0.15, 0.2) is 0 Å². The molecule has 0 aliphatic carbocycles. The van der Waals surface area contributed by atoms with Crippen molar-refractivity contribution < 1.29 is 8.42 Å². The van der Waals surface area contributed by atoms with Crippen molar-refractivity contribution in [3.05, 3.63) is 172 Å². The zero-order valence-electron chi connectivity index (χ0n) is 22.3. The highest BCUT2D eigenvalue weighted by atomic mass is 35.5. The first-order valence-corrected chi connectivity index (χ1v) is 16.9. The number of H-pyrrole nitrogens is 1. The van der Waals surface area contributed by atoms with Crippen LogP contribution >= 0.6 is 18.5 Å². The lowest BCUT2D eigenvalue weighted by molar-refractivity contribution is 0.576. The lowest BCUT2D eigenvalue weighted by Gasteiger charge is -2.29. The summed E-state index contributed by atoms with van der Waals surface area (Å²) in [5.74, 6) is 0. The fourth-order valence-corrected chi connectivity index (χ4v) is 10.9. The van der Waals surface area contributed by atoms with Gasteiger partial charge >= 0.3 is 0 Å². The Morgan fingerprint density at radius 1 is 0.595 bits per heavy atom. The van der Waals surface area contributed by atoms with Gasteiger partial charge in [0.2, 0.25) is 0 Å². The highest BCUT2D eigenvalue weighted by Crippen LogP contribution is 2.47. The molecule has 0 fully saturated rings. The lowest BCUT2D eigenvalue weighted by atomic mass is 10.1. The number of halogens is 1. The summed E-state index contributed by atoms with van der Waals surface area (Å²) in [5, 5.41) is 6.27. The van der Waals surface area contributed by atoms with Gasteiger partial charge < -0.3 is 0 Å². The predicted molar refractivity (Wildman–Crippen MR) is 173 cm³/mol. The Kier molecular flexibility index (Phi) is 7.61. The first kappa shape index (κ1) is 27.8. The molecule has 1 aromatic heterocycles. The predicted octanol–water partition coefficient (Wildman–Crippen LogP) is 6.26.